The number of carbonyl (C=O) groups excluding carboxylic acids is 2. The fourth-order valence-electron chi connectivity index (χ4n) is 4.92. The third-order valence-corrected chi connectivity index (χ3v) is 7.32. The summed E-state index contributed by atoms with van der Waals surface area (Å²) in [5.41, 5.74) is 0.981. The monoisotopic (exact) mass is 474 g/mol. The fraction of sp³-hybridized carbons (Fsp3) is 0.692. The molecule has 1 aromatic rings. The molecule has 2 saturated heterocycles. The van der Waals surface area contributed by atoms with Crippen molar-refractivity contribution in [1.82, 2.24) is 20.9 Å². The van der Waals surface area contributed by atoms with Crippen LogP contribution in [0.2, 0.25) is 0 Å². The molecule has 0 spiro atoms. The molecule has 2 aliphatic heterocycles. The first-order valence-corrected chi connectivity index (χ1v) is 13.0. The summed E-state index contributed by atoms with van der Waals surface area (Å²) in [6.07, 6.45) is 10.1. The van der Waals surface area contributed by atoms with Crippen LogP contribution in [0.1, 0.15) is 69.8 Å². The van der Waals surface area contributed by atoms with Gasteiger partial charge in [-0.05, 0) is 81.8 Å². The standard InChI is InChI=1S/C26H39FN4O3/c27-22-9-8-21(18-23(22)34-19-20-6-7-20)26(11-14-28-15-12-26)29-13-4-2-1-3-5-16-31-17-10-24(32)30-25(31)33/h8-9,18,20,28-29H,1-7,10-17,19H2,(H,30,32,33). The molecule has 3 fully saturated rings. The van der Waals surface area contributed by atoms with Gasteiger partial charge in [-0.15, -0.1) is 0 Å². The predicted octanol–water partition coefficient (Wildman–Crippen LogP) is 3.68. The molecule has 3 aliphatic rings. The van der Waals surface area contributed by atoms with Crippen LogP contribution in [-0.4, -0.2) is 56.2 Å². The van der Waals surface area contributed by atoms with Crippen molar-refractivity contribution in [2.45, 2.75) is 69.7 Å². The molecular weight excluding hydrogens is 435 g/mol. The Balaban J connectivity index is 1.20. The maximum Gasteiger partial charge on any atom is 0.324 e. The van der Waals surface area contributed by atoms with Crippen molar-refractivity contribution in [3.8, 4) is 5.75 Å². The molecule has 3 amide bonds. The van der Waals surface area contributed by atoms with Crippen molar-refractivity contribution in [2.24, 2.45) is 5.92 Å². The Labute approximate surface area is 202 Å². The minimum absolute atomic E-state index is 0.143. The highest BCUT2D eigenvalue weighted by molar-refractivity contribution is 5.96. The van der Waals surface area contributed by atoms with E-state index < -0.39 is 0 Å². The predicted molar refractivity (Wildman–Crippen MR) is 129 cm³/mol. The number of urea groups is 1. The van der Waals surface area contributed by atoms with Crippen LogP contribution in [0.25, 0.3) is 0 Å². The number of hydrogen-bond acceptors (Lipinski definition) is 5. The van der Waals surface area contributed by atoms with Crippen molar-refractivity contribution < 1.29 is 18.7 Å². The average molecular weight is 475 g/mol. The van der Waals surface area contributed by atoms with E-state index in [0.29, 0.717) is 37.8 Å². The van der Waals surface area contributed by atoms with Gasteiger partial charge in [0.2, 0.25) is 5.91 Å². The first-order chi connectivity index (χ1) is 16.6. The molecule has 0 unspecified atom stereocenters. The number of halogens is 1. The smallest absolute Gasteiger partial charge is 0.324 e. The average Bonchev–Trinajstić information content (AvgIpc) is 3.66. The Hall–Kier alpha value is -2.19. The third-order valence-electron chi connectivity index (χ3n) is 7.32. The second-order valence-corrected chi connectivity index (χ2v) is 10.0. The summed E-state index contributed by atoms with van der Waals surface area (Å²) < 4.78 is 20.2. The molecular formula is C26H39FN4O3. The summed E-state index contributed by atoms with van der Waals surface area (Å²) in [5.74, 6) is 0.524. The number of unbranched alkanes of at least 4 members (excludes halogenated alkanes) is 4. The first-order valence-electron chi connectivity index (χ1n) is 13.0. The van der Waals surface area contributed by atoms with Crippen LogP contribution in [-0.2, 0) is 10.3 Å². The van der Waals surface area contributed by atoms with Gasteiger partial charge in [0.1, 0.15) is 0 Å². The Morgan fingerprint density at radius 3 is 2.62 bits per heavy atom. The first kappa shape index (κ1) is 24.9. The lowest BCUT2D eigenvalue weighted by atomic mass is 9.81. The molecule has 1 saturated carbocycles. The number of hydrogen-bond donors (Lipinski definition) is 3. The summed E-state index contributed by atoms with van der Waals surface area (Å²) in [4.78, 5) is 24.7. The number of nitrogens with zero attached hydrogens (tertiary/aromatic N) is 1. The van der Waals surface area contributed by atoms with E-state index in [1.807, 2.05) is 12.1 Å². The summed E-state index contributed by atoms with van der Waals surface area (Å²) in [6.45, 7) is 4.66. The molecule has 1 aromatic carbocycles. The quantitative estimate of drug-likeness (QED) is 0.380. The van der Waals surface area contributed by atoms with E-state index in [1.165, 1.54) is 12.8 Å². The lowest BCUT2D eigenvalue weighted by Crippen LogP contribution is -2.50. The highest BCUT2D eigenvalue weighted by Gasteiger charge is 2.34. The normalized spacial score (nSPS) is 20.3. The number of benzene rings is 1. The summed E-state index contributed by atoms with van der Waals surface area (Å²) >= 11 is 0. The SMILES string of the molecule is O=C1CCN(CCCCCCCNC2(c3ccc(F)c(OCC4CC4)c3)CCNCC2)C(=O)N1. The number of carbonyl (C=O) groups is 2. The molecule has 7 nitrogen and oxygen atoms in total. The van der Waals surface area contributed by atoms with E-state index in [0.717, 1.165) is 70.1 Å². The zero-order chi connectivity index (χ0) is 23.8. The van der Waals surface area contributed by atoms with Gasteiger partial charge in [-0.2, -0.15) is 0 Å². The van der Waals surface area contributed by atoms with Crippen LogP contribution in [0.3, 0.4) is 0 Å². The Morgan fingerprint density at radius 1 is 1.09 bits per heavy atom. The highest BCUT2D eigenvalue weighted by atomic mass is 19.1. The fourth-order valence-corrected chi connectivity index (χ4v) is 4.92. The Kier molecular flexibility index (Phi) is 8.78. The van der Waals surface area contributed by atoms with E-state index in [2.05, 4.69) is 16.0 Å². The molecule has 0 atom stereocenters. The summed E-state index contributed by atoms with van der Waals surface area (Å²) in [5, 5.41) is 9.64. The molecule has 3 N–H and O–H groups in total. The van der Waals surface area contributed by atoms with Crippen LogP contribution in [0.15, 0.2) is 18.2 Å². The number of ether oxygens (including phenoxy) is 1. The topological polar surface area (TPSA) is 82.7 Å². The van der Waals surface area contributed by atoms with Crippen LogP contribution in [0.4, 0.5) is 9.18 Å². The highest BCUT2D eigenvalue weighted by Crippen LogP contribution is 2.35. The van der Waals surface area contributed by atoms with Crippen LogP contribution >= 0.6 is 0 Å². The Bertz CT molecular complexity index is 839. The van der Waals surface area contributed by atoms with E-state index in [4.69, 9.17) is 4.74 Å². The second-order valence-electron chi connectivity index (χ2n) is 10.0. The number of imide groups is 1. The maximum absolute atomic E-state index is 14.3. The molecule has 1 aliphatic carbocycles. The van der Waals surface area contributed by atoms with E-state index in [9.17, 15) is 14.0 Å². The van der Waals surface area contributed by atoms with Crippen molar-refractivity contribution in [1.29, 1.82) is 0 Å². The zero-order valence-corrected chi connectivity index (χ0v) is 20.2. The largest absolute Gasteiger partial charge is 0.490 e. The molecule has 4 rings (SSSR count). The maximum atomic E-state index is 14.3. The lowest BCUT2D eigenvalue weighted by Gasteiger charge is -2.39. The van der Waals surface area contributed by atoms with Gasteiger partial charge in [-0.1, -0.05) is 25.3 Å². The minimum Gasteiger partial charge on any atom is -0.490 e. The summed E-state index contributed by atoms with van der Waals surface area (Å²) in [6, 6.07) is 5.14. The molecule has 0 bridgehead atoms. The Morgan fingerprint density at radius 2 is 1.85 bits per heavy atom. The van der Waals surface area contributed by atoms with Gasteiger partial charge >= 0.3 is 6.03 Å². The van der Waals surface area contributed by atoms with Crippen molar-refractivity contribution in [3.05, 3.63) is 29.6 Å². The van der Waals surface area contributed by atoms with Gasteiger partial charge in [-0.25, -0.2) is 9.18 Å². The lowest BCUT2D eigenvalue weighted by molar-refractivity contribution is -0.121. The van der Waals surface area contributed by atoms with Crippen LogP contribution in [0.5, 0.6) is 5.75 Å². The molecule has 0 aromatic heterocycles. The third kappa shape index (κ3) is 6.92. The van der Waals surface area contributed by atoms with Gasteiger partial charge in [0.25, 0.3) is 0 Å². The van der Waals surface area contributed by atoms with E-state index in [-0.39, 0.29) is 23.3 Å². The minimum atomic E-state index is -0.276. The van der Waals surface area contributed by atoms with Gasteiger partial charge < -0.3 is 20.3 Å². The molecule has 0 radical (unpaired) electrons. The van der Waals surface area contributed by atoms with Crippen molar-refractivity contribution in [2.75, 3.05) is 39.3 Å². The van der Waals surface area contributed by atoms with Gasteiger partial charge in [0.15, 0.2) is 11.6 Å². The number of amides is 3. The molecule has 188 valence electrons. The number of nitrogens with one attached hydrogen (secondary N) is 3. The van der Waals surface area contributed by atoms with Crippen molar-refractivity contribution >= 4 is 11.9 Å². The number of piperidine rings is 1. The van der Waals surface area contributed by atoms with Crippen molar-refractivity contribution in [3.63, 3.8) is 0 Å². The molecule has 2 heterocycles. The number of rotatable bonds is 13. The van der Waals surface area contributed by atoms with Gasteiger partial charge in [0.05, 0.1) is 6.61 Å². The van der Waals surface area contributed by atoms with Gasteiger partial charge in [-0.3, -0.25) is 10.1 Å². The zero-order valence-electron chi connectivity index (χ0n) is 20.2. The van der Waals surface area contributed by atoms with Crippen LogP contribution < -0.4 is 20.7 Å². The molecule has 8 heteroatoms. The van der Waals surface area contributed by atoms with E-state index >= 15 is 0 Å². The van der Waals surface area contributed by atoms with E-state index in [1.54, 1.807) is 11.0 Å². The van der Waals surface area contributed by atoms with Gasteiger partial charge in [0, 0.05) is 25.0 Å². The molecule has 34 heavy (non-hydrogen) atoms. The summed E-state index contributed by atoms with van der Waals surface area (Å²) in [7, 11) is 0. The van der Waals surface area contributed by atoms with Crippen LogP contribution in [0, 0.1) is 11.7 Å². The second kappa shape index (κ2) is 12.0.